The molecule has 2 aromatic carbocycles. The average Bonchev–Trinajstić information content (AvgIpc) is 3.22. The highest BCUT2D eigenvalue weighted by Gasteiger charge is 2.33. The van der Waals surface area contributed by atoms with Crippen molar-refractivity contribution < 1.29 is 19.1 Å². The Labute approximate surface area is 177 Å². The fourth-order valence-electron chi connectivity index (χ4n) is 4.44. The minimum atomic E-state index is -0.0127. The molecular formula is C24H28N2O4. The van der Waals surface area contributed by atoms with Crippen LogP contribution in [0.5, 0.6) is 11.5 Å². The summed E-state index contributed by atoms with van der Waals surface area (Å²) in [5.41, 5.74) is 3.19. The number of piperidine rings is 1. The largest absolute Gasteiger partial charge is 0.493 e. The molecule has 6 nitrogen and oxygen atoms in total. The van der Waals surface area contributed by atoms with Gasteiger partial charge in [-0.25, -0.2) is 0 Å². The number of ether oxygens (including phenoxy) is 2. The Morgan fingerprint density at radius 3 is 2.43 bits per heavy atom. The number of para-hydroxylation sites is 1. The van der Waals surface area contributed by atoms with Gasteiger partial charge in [-0.3, -0.25) is 9.59 Å². The van der Waals surface area contributed by atoms with Crippen molar-refractivity contribution in [1.29, 1.82) is 0 Å². The first-order chi connectivity index (χ1) is 14.6. The molecule has 0 saturated carbocycles. The molecular weight excluding hydrogens is 380 g/mol. The van der Waals surface area contributed by atoms with Crippen LogP contribution in [0.1, 0.15) is 24.0 Å². The van der Waals surface area contributed by atoms with Crippen LogP contribution in [0.25, 0.3) is 0 Å². The number of fused-ring (bicyclic) bond motifs is 1. The molecule has 1 fully saturated rings. The highest BCUT2D eigenvalue weighted by atomic mass is 16.5. The van der Waals surface area contributed by atoms with Crippen LogP contribution < -0.4 is 14.4 Å². The summed E-state index contributed by atoms with van der Waals surface area (Å²) in [6.07, 6.45) is 2.67. The van der Waals surface area contributed by atoms with Crippen LogP contribution in [0, 0.1) is 5.92 Å². The summed E-state index contributed by atoms with van der Waals surface area (Å²) in [6.45, 7) is 2.01. The summed E-state index contributed by atoms with van der Waals surface area (Å²) in [5, 5.41) is 0. The van der Waals surface area contributed by atoms with Crippen molar-refractivity contribution in [2.45, 2.75) is 25.7 Å². The van der Waals surface area contributed by atoms with E-state index in [4.69, 9.17) is 9.47 Å². The number of hydrogen-bond donors (Lipinski definition) is 0. The van der Waals surface area contributed by atoms with E-state index in [9.17, 15) is 9.59 Å². The first-order valence-corrected chi connectivity index (χ1v) is 10.5. The van der Waals surface area contributed by atoms with Gasteiger partial charge in [0.2, 0.25) is 11.8 Å². The van der Waals surface area contributed by atoms with Crippen LogP contribution in [0.15, 0.2) is 42.5 Å². The van der Waals surface area contributed by atoms with E-state index in [1.807, 2.05) is 46.2 Å². The summed E-state index contributed by atoms with van der Waals surface area (Å²) in [5.74, 6) is 1.54. The Balaban J connectivity index is 1.33. The van der Waals surface area contributed by atoms with Gasteiger partial charge in [0.15, 0.2) is 11.5 Å². The third-order valence-corrected chi connectivity index (χ3v) is 6.15. The lowest BCUT2D eigenvalue weighted by Crippen LogP contribution is -2.44. The highest BCUT2D eigenvalue weighted by Crippen LogP contribution is 2.31. The number of methoxy groups -OCH3 is 2. The van der Waals surface area contributed by atoms with E-state index >= 15 is 0 Å². The van der Waals surface area contributed by atoms with E-state index in [1.54, 1.807) is 14.2 Å². The average molecular weight is 408 g/mol. The number of nitrogens with zero attached hydrogens (tertiary/aromatic N) is 2. The smallest absolute Gasteiger partial charge is 0.230 e. The molecule has 6 heteroatoms. The second kappa shape index (κ2) is 8.78. The molecule has 158 valence electrons. The second-order valence-electron chi connectivity index (χ2n) is 7.89. The molecule has 0 aliphatic carbocycles. The number of rotatable bonds is 5. The second-order valence-corrected chi connectivity index (χ2v) is 7.89. The third-order valence-electron chi connectivity index (χ3n) is 6.15. The molecule has 2 aromatic rings. The normalized spacial score (nSPS) is 16.3. The van der Waals surface area contributed by atoms with Gasteiger partial charge in [-0.15, -0.1) is 0 Å². The van der Waals surface area contributed by atoms with Crippen molar-refractivity contribution >= 4 is 17.5 Å². The molecule has 4 rings (SSSR count). The van der Waals surface area contributed by atoms with Gasteiger partial charge in [0.25, 0.3) is 0 Å². The molecule has 1 saturated heterocycles. The molecule has 2 aliphatic rings. The lowest BCUT2D eigenvalue weighted by molar-refractivity contribution is -0.134. The highest BCUT2D eigenvalue weighted by molar-refractivity contribution is 5.97. The predicted molar refractivity (Wildman–Crippen MR) is 115 cm³/mol. The van der Waals surface area contributed by atoms with E-state index in [0.29, 0.717) is 31.0 Å². The summed E-state index contributed by atoms with van der Waals surface area (Å²) in [7, 11) is 3.18. The third kappa shape index (κ3) is 3.99. The first kappa shape index (κ1) is 20.3. The maximum Gasteiger partial charge on any atom is 0.230 e. The van der Waals surface area contributed by atoms with E-state index in [1.165, 1.54) is 5.56 Å². The first-order valence-electron chi connectivity index (χ1n) is 10.5. The monoisotopic (exact) mass is 408 g/mol. The minimum absolute atomic E-state index is 0.0127. The van der Waals surface area contributed by atoms with Crippen molar-refractivity contribution in [3.8, 4) is 11.5 Å². The van der Waals surface area contributed by atoms with E-state index in [-0.39, 0.29) is 17.7 Å². The van der Waals surface area contributed by atoms with Crippen LogP contribution >= 0.6 is 0 Å². The number of likely N-dealkylation sites (tertiary alicyclic amines) is 1. The van der Waals surface area contributed by atoms with Crippen molar-refractivity contribution in [2.24, 2.45) is 5.92 Å². The van der Waals surface area contributed by atoms with Crippen LogP contribution in [0.4, 0.5) is 5.69 Å². The number of carbonyl (C=O) groups is 2. The number of amides is 2. The van der Waals surface area contributed by atoms with Crippen molar-refractivity contribution in [1.82, 2.24) is 4.90 Å². The molecule has 0 spiro atoms. The Bertz CT molecular complexity index is 935. The Morgan fingerprint density at radius 2 is 1.70 bits per heavy atom. The van der Waals surface area contributed by atoms with Crippen molar-refractivity contribution in [2.75, 3.05) is 38.8 Å². The molecule has 2 heterocycles. The van der Waals surface area contributed by atoms with Gasteiger partial charge >= 0.3 is 0 Å². The number of hydrogen-bond acceptors (Lipinski definition) is 4. The van der Waals surface area contributed by atoms with Gasteiger partial charge in [0.05, 0.1) is 20.6 Å². The van der Waals surface area contributed by atoms with Crippen LogP contribution in [-0.4, -0.2) is 50.6 Å². The van der Waals surface area contributed by atoms with Crippen LogP contribution in [-0.2, 0) is 22.4 Å². The zero-order chi connectivity index (χ0) is 21.1. The van der Waals surface area contributed by atoms with Crippen LogP contribution in [0.3, 0.4) is 0 Å². The van der Waals surface area contributed by atoms with Gasteiger partial charge in [-0.1, -0.05) is 24.3 Å². The summed E-state index contributed by atoms with van der Waals surface area (Å²) < 4.78 is 10.6. The lowest BCUT2D eigenvalue weighted by atomic mass is 9.94. The fourth-order valence-corrected chi connectivity index (χ4v) is 4.44. The zero-order valence-corrected chi connectivity index (χ0v) is 17.6. The standard InChI is InChI=1S/C24H28N2O4/c1-29-21-8-7-17(15-22(21)30-2)16-23(27)25-12-9-19(10-13-25)24(28)26-14-11-18-5-3-4-6-20(18)26/h3-8,15,19H,9-14,16H2,1-2H3. The minimum Gasteiger partial charge on any atom is -0.493 e. The van der Waals surface area contributed by atoms with Gasteiger partial charge in [0.1, 0.15) is 0 Å². The molecule has 0 bridgehead atoms. The quantitative estimate of drug-likeness (QED) is 0.763. The van der Waals surface area contributed by atoms with Crippen molar-refractivity contribution in [3.05, 3.63) is 53.6 Å². The molecule has 0 atom stereocenters. The predicted octanol–water partition coefficient (Wildman–Crippen LogP) is 3.07. The van der Waals surface area contributed by atoms with Gasteiger partial charge in [-0.2, -0.15) is 0 Å². The van der Waals surface area contributed by atoms with E-state index in [2.05, 4.69) is 6.07 Å². The van der Waals surface area contributed by atoms with Crippen molar-refractivity contribution in [3.63, 3.8) is 0 Å². The summed E-state index contributed by atoms with van der Waals surface area (Å²) in [6, 6.07) is 13.7. The molecule has 0 aromatic heterocycles. The molecule has 0 N–H and O–H groups in total. The Kier molecular flexibility index (Phi) is 5.93. The molecule has 0 radical (unpaired) electrons. The molecule has 2 amide bonds. The topological polar surface area (TPSA) is 59.1 Å². The molecule has 0 unspecified atom stereocenters. The Hall–Kier alpha value is -3.02. The lowest BCUT2D eigenvalue weighted by Gasteiger charge is -2.33. The molecule has 2 aliphatic heterocycles. The number of benzene rings is 2. The maximum atomic E-state index is 13.1. The fraction of sp³-hybridized carbons (Fsp3) is 0.417. The zero-order valence-electron chi connectivity index (χ0n) is 17.6. The SMILES string of the molecule is COc1ccc(CC(=O)N2CCC(C(=O)N3CCc4ccccc43)CC2)cc1OC. The maximum absolute atomic E-state index is 13.1. The van der Waals surface area contributed by atoms with Gasteiger partial charge < -0.3 is 19.3 Å². The summed E-state index contributed by atoms with van der Waals surface area (Å²) >= 11 is 0. The van der Waals surface area contributed by atoms with Crippen LogP contribution in [0.2, 0.25) is 0 Å². The Morgan fingerprint density at radius 1 is 0.967 bits per heavy atom. The van der Waals surface area contributed by atoms with Gasteiger partial charge in [0, 0.05) is 31.2 Å². The van der Waals surface area contributed by atoms with E-state index < -0.39 is 0 Å². The summed E-state index contributed by atoms with van der Waals surface area (Å²) in [4.78, 5) is 29.6. The number of carbonyl (C=O) groups excluding carboxylic acids is 2. The molecule has 30 heavy (non-hydrogen) atoms. The number of anilines is 1. The van der Waals surface area contributed by atoms with Gasteiger partial charge in [-0.05, 0) is 48.6 Å². The van der Waals surface area contributed by atoms with E-state index in [0.717, 1.165) is 37.1 Å².